The Labute approximate surface area is 203 Å². The van der Waals surface area contributed by atoms with Crippen LogP contribution in [0.15, 0.2) is 48.5 Å². The number of para-hydroxylation sites is 1. The molecule has 2 aromatic carbocycles. The maximum absolute atomic E-state index is 12.7. The summed E-state index contributed by atoms with van der Waals surface area (Å²) in [4.78, 5) is 16.7. The summed E-state index contributed by atoms with van der Waals surface area (Å²) in [7, 11) is 0.142. The van der Waals surface area contributed by atoms with Gasteiger partial charge in [0.15, 0.2) is 0 Å². The molecular formula is C24H34ClN3O4S. The van der Waals surface area contributed by atoms with Gasteiger partial charge in [-0.3, -0.25) is 4.79 Å². The van der Waals surface area contributed by atoms with Crippen molar-refractivity contribution in [2.45, 2.75) is 31.9 Å². The Morgan fingerprint density at radius 1 is 1.09 bits per heavy atom. The SMILES string of the molecule is CN(CCc1ccccc1N1CC[C@H](O)C1)C(=O)Cc1ccc(CN(C)S(C)(=O)=O)cc1.Cl. The molecule has 1 atom stereocenters. The first kappa shape index (κ1) is 27.1. The number of nitrogens with zero attached hydrogens (tertiary/aromatic N) is 3. The number of β-amino-alcohol motifs (C(OH)–C–C–N with tert-alkyl or cyclic N) is 1. The number of hydrogen-bond donors (Lipinski definition) is 1. The first-order valence-electron chi connectivity index (χ1n) is 10.9. The van der Waals surface area contributed by atoms with Crippen LogP contribution in [-0.4, -0.2) is 74.7 Å². The van der Waals surface area contributed by atoms with Gasteiger partial charge in [-0.25, -0.2) is 12.7 Å². The summed E-state index contributed by atoms with van der Waals surface area (Å²) in [5, 5.41) is 9.85. The van der Waals surface area contributed by atoms with Crippen LogP contribution in [-0.2, 0) is 34.2 Å². The second-order valence-corrected chi connectivity index (χ2v) is 10.7. The van der Waals surface area contributed by atoms with Gasteiger partial charge >= 0.3 is 0 Å². The van der Waals surface area contributed by atoms with Gasteiger partial charge in [0, 0.05) is 46.0 Å². The fraction of sp³-hybridized carbons (Fsp3) is 0.458. The quantitative estimate of drug-likeness (QED) is 0.577. The third kappa shape index (κ3) is 7.71. The molecular weight excluding hydrogens is 462 g/mol. The number of hydrogen-bond acceptors (Lipinski definition) is 5. The molecule has 0 saturated carbocycles. The minimum absolute atomic E-state index is 0. The summed E-state index contributed by atoms with van der Waals surface area (Å²) >= 11 is 0. The normalized spacial score (nSPS) is 16.0. The zero-order valence-corrected chi connectivity index (χ0v) is 21.1. The fourth-order valence-corrected chi connectivity index (χ4v) is 4.23. The molecule has 0 bridgehead atoms. The van der Waals surface area contributed by atoms with Crippen molar-refractivity contribution in [3.05, 3.63) is 65.2 Å². The molecule has 7 nitrogen and oxygen atoms in total. The molecule has 1 aliphatic heterocycles. The third-order valence-corrected chi connectivity index (χ3v) is 7.25. The van der Waals surface area contributed by atoms with Crippen molar-refractivity contribution in [1.82, 2.24) is 9.21 Å². The van der Waals surface area contributed by atoms with Crippen LogP contribution in [0.5, 0.6) is 0 Å². The van der Waals surface area contributed by atoms with Gasteiger partial charge in [-0.15, -0.1) is 12.4 Å². The lowest BCUT2D eigenvalue weighted by Crippen LogP contribution is -2.30. The smallest absolute Gasteiger partial charge is 0.226 e. The van der Waals surface area contributed by atoms with E-state index in [9.17, 15) is 18.3 Å². The van der Waals surface area contributed by atoms with Gasteiger partial charge in [0.1, 0.15) is 0 Å². The van der Waals surface area contributed by atoms with Gasteiger partial charge in [0.05, 0.1) is 18.8 Å². The number of carbonyl (C=O) groups is 1. The first-order valence-corrected chi connectivity index (χ1v) is 12.7. The predicted molar refractivity (Wildman–Crippen MR) is 134 cm³/mol. The maximum atomic E-state index is 12.7. The molecule has 2 aromatic rings. The van der Waals surface area contributed by atoms with Crippen molar-refractivity contribution in [2.75, 3.05) is 44.9 Å². The fourth-order valence-electron chi connectivity index (χ4n) is 3.85. The van der Waals surface area contributed by atoms with Crippen LogP contribution in [0.25, 0.3) is 0 Å². The van der Waals surface area contributed by atoms with Crippen LogP contribution in [0, 0.1) is 0 Å². The molecule has 0 aromatic heterocycles. The average Bonchev–Trinajstić information content (AvgIpc) is 3.19. The van der Waals surface area contributed by atoms with Gasteiger partial charge in [-0.1, -0.05) is 42.5 Å². The standard InChI is InChI=1S/C24H33N3O4S.ClH/c1-25(14-12-21-6-4-5-7-23(21)27-15-13-22(28)18-27)24(29)16-19-8-10-20(11-9-19)17-26(2)32(3,30)31;/h4-11,22,28H,12-18H2,1-3H3;1H/t22-;/m0./s1. The van der Waals surface area contributed by atoms with Crippen molar-refractivity contribution in [1.29, 1.82) is 0 Å². The molecule has 1 fully saturated rings. The van der Waals surface area contributed by atoms with E-state index in [0.29, 0.717) is 26.1 Å². The van der Waals surface area contributed by atoms with Gasteiger partial charge < -0.3 is 14.9 Å². The summed E-state index contributed by atoms with van der Waals surface area (Å²) in [5.74, 6) is 0.0417. The molecule has 0 unspecified atom stereocenters. The van der Waals surface area contributed by atoms with Crippen molar-refractivity contribution < 1.29 is 18.3 Å². The van der Waals surface area contributed by atoms with Gasteiger partial charge in [-0.2, -0.15) is 0 Å². The van der Waals surface area contributed by atoms with Crippen LogP contribution < -0.4 is 4.90 Å². The van der Waals surface area contributed by atoms with Crippen molar-refractivity contribution in [2.24, 2.45) is 0 Å². The molecule has 0 aliphatic carbocycles. The van der Waals surface area contributed by atoms with Crippen LogP contribution >= 0.6 is 12.4 Å². The van der Waals surface area contributed by atoms with Crippen LogP contribution in [0.2, 0.25) is 0 Å². The Bertz CT molecular complexity index is 1030. The van der Waals surface area contributed by atoms with Crippen molar-refractivity contribution >= 4 is 34.0 Å². The molecule has 0 radical (unpaired) electrons. The Balaban J connectivity index is 0.00000385. The van der Waals surface area contributed by atoms with Crippen LogP contribution in [0.1, 0.15) is 23.1 Å². The highest BCUT2D eigenvalue weighted by molar-refractivity contribution is 7.88. The van der Waals surface area contributed by atoms with Crippen LogP contribution in [0.3, 0.4) is 0 Å². The summed E-state index contributed by atoms with van der Waals surface area (Å²) in [6.07, 6.45) is 2.75. The lowest BCUT2D eigenvalue weighted by atomic mass is 10.1. The Hall–Kier alpha value is -2.13. The zero-order chi connectivity index (χ0) is 23.3. The van der Waals surface area contributed by atoms with Crippen molar-refractivity contribution in [3.63, 3.8) is 0 Å². The Morgan fingerprint density at radius 2 is 1.73 bits per heavy atom. The van der Waals surface area contributed by atoms with E-state index in [1.54, 1.807) is 11.9 Å². The topological polar surface area (TPSA) is 81.2 Å². The maximum Gasteiger partial charge on any atom is 0.226 e. The third-order valence-electron chi connectivity index (χ3n) is 5.99. The number of aliphatic hydroxyl groups is 1. The minimum Gasteiger partial charge on any atom is -0.391 e. The summed E-state index contributed by atoms with van der Waals surface area (Å²) < 4.78 is 24.4. The molecule has 182 valence electrons. The summed E-state index contributed by atoms with van der Waals surface area (Å²) in [5.41, 5.74) is 4.10. The number of amides is 1. The molecule has 1 heterocycles. The van der Waals surface area contributed by atoms with E-state index in [2.05, 4.69) is 17.0 Å². The van der Waals surface area contributed by atoms with E-state index in [1.165, 1.54) is 16.1 Å². The number of rotatable bonds is 9. The molecule has 1 N–H and O–H groups in total. The molecule has 3 rings (SSSR count). The number of aliphatic hydroxyl groups excluding tert-OH is 1. The number of halogens is 1. The minimum atomic E-state index is -3.22. The van der Waals surface area contributed by atoms with Crippen LogP contribution in [0.4, 0.5) is 5.69 Å². The first-order chi connectivity index (χ1) is 15.1. The van der Waals surface area contributed by atoms with Gasteiger partial charge in [0.25, 0.3) is 0 Å². The number of carbonyl (C=O) groups excluding carboxylic acids is 1. The van der Waals surface area contributed by atoms with E-state index >= 15 is 0 Å². The molecule has 9 heteroatoms. The zero-order valence-electron chi connectivity index (χ0n) is 19.5. The molecule has 1 aliphatic rings. The second-order valence-electron chi connectivity index (χ2n) is 8.59. The average molecular weight is 496 g/mol. The summed E-state index contributed by atoms with van der Waals surface area (Å²) in [6.45, 7) is 2.43. The largest absolute Gasteiger partial charge is 0.391 e. The highest BCUT2D eigenvalue weighted by atomic mass is 35.5. The monoisotopic (exact) mass is 495 g/mol. The van der Waals surface area contributed by atoms with Gasteiger partial charge in [-0.05, 0) is 35.6 Å². The molecule has 1 saturated heterocycles. The number of sulfonamides is 1. The van der Waals surface area contributed by atoms with E-state index in [1.807, 2.05) is 43.4 Å². The Morgan fingerprint density at radius 3 is 2.33 bits per heavy atom. The van der Waals surface area contributed by atoms with E-state index in [0.717, 1.165) is 36.2 Å². The number of likely N-dealkylation sites (N-methyl/N-ethyl adjacent to an activating group) is 1. The number of anilines is 1. The predicted octanol–water partition coefficient (Wildman–Crippen LogP) is 2.31. The molecule has 0 spiro atoms. The molecule has 33 heavy (non-hydrogen) atoms. The highest BCUT2D eigenvalue weighted by Gasteiger charge is 2.22. The highest BCUT2D eigenvalue weighted by Crippen LogP contribution is 2.25. The van der Waals surface area contributed by atoms with E-state index < -0.39 is 10.0 Å². The summed E-state index contributed by atoms with van der Waals surface area (Å²) in [6, 6.07) is 15.7. The van der Waals surface area contributed by atoms with E-state index in [-0.39, 0.29) is 24.4 Å². The molecule has 1 amide bonds. The van der Waals surface area contributed by atoms with Crippen molar-refractivity contribution in [3.8, 4) is 0 Å². The Kier molecular flexibility index (Phi) is 9.72. The second kappa shape index (κ2) is 11.8. The lowest BCUT2D eigenvalue weighted by Gasteiger charge is -2.23. The van der Waals surface area contributed by atoms with Gasteiger partial charge in [0.2, 0.25) is 15.9 Å². The lowest BCUT2D eigenvalue weighted by molar-refractivity contribution is -0.129. The van der Waals surface area contributed by atoms with E-state index in [4.69, 9.17) is 0 Å². The number of benzene rings is 2.